The zero-order chi connectivity index (χ0) is 19.4. The number of carbonyl (C=O) groups excluding carboxylic acids is 1. The van der Waals surface area contributed by atoms with Crippen molar-refractivity contribution in [2.75, 3.05) is 20.3 Å². The van der Waals surface area contributed by atoms with E-state index in [1.165, 1.54) is 11.9 Å². The zero-order valence-corrected chi connectivity index (χ0v) is 15.6. The maximum absolute atomic E-state index is 12.7. The number of halogens is 1. The van der Waals surface area contributed by atoms with E-state index in [0.29, 0.717) is 35.3 Å². The second kappa shape index (κ2) is 8.31. The van der Waals surface area contributed by atoms with Crippen molar-refractivity contribution >= 4 is 23.5 Å². The lowest BCUT2D eigenvalue weighted by atomic mass is 10.0. The number of hydrogen-bond donors (Lipinski definition) is 1. The Morgan fingerprint density at radius 1 is 1.15 bits per heavy atom. The highest BCUT2D eigenvalue weighted by Crippen LogP contribution is 2.38. The molecule has 2 aromatic carbocycles. The number of carbonyl (C=O) groups is 2. The summed E-state index contributed by atoms with van der Waals surface area (Å²) in [4.78, 5) is 25.6. The molecular formula is C20H20ClNO5. The molecule has 0 radical (unpaired) electrons. The van der Waals surface area contributed by atoms with Gasteiger partial charge in [-0.25, -0.2) is 4.79 Å². The lowest BCUT2D eigenvalue weighted by Gasteiger charge is -2.25. The van der Waals surface area contributed by atoms with Gasteiger partial charge in [0.1, 0.15) is 19.3 Å². The van der Waals surface area contributed by atoms with Crippen LogP contribution < -0.4 is 9.47 Å². The molecular weight excluding hydrogens is 370 g/mol. The Balaban J connectivity index is 1.74. The van der Waals surface area contributed by atoms with Crippen LogP contribution in [0.5, 0.6) is 11.5 Å². The van der Waals surface area contributed by atoms with Crippen LogP contribution in [-0.2, 0) is 22.4 Å². The number of nitrogens with zero attached hydrogens (tertiary/aromatic N) is 1. The number of ether oxygens (including phenoxy) is 2. The lowest BCUT2D eigenvalue weighted by molar-refractivity contribution is -0.148. The van der Waals surface area contributed by atoms with E-state index in [1.807, 2.05) is 30.3 Å². The smallest absolute Gasteiger partial charge is 0.326 e. The Kier molecular flexibility index (Phi) is 5.86. The minimum Gasteiger partial charge on any atom is -0.486 e. The van der Waals surface area contributed by atoms with Crippen LogP contribution in [0.2, 0.25) is 5.02 Å². The van der Waals surface area contributed by atoms with Gasteiger partial charge in [-0.15, -0.1) is 0 Å². The van der Waals surface area contributed by atoms with Gasteiger partial charge in [-0.05, 0) is 23.3 Å². The number of amides is 1. The van der Waals surface area contributed by atoms with E-state index in [9.17, 15) is 14.7 Å². The Morgan fingerprint density at radius 2 is 1.85 bits per heavy atom. The van der Waals surface area contributed by atoms with Crippen molar-refractivity contribution in [3.8, 4) is 11.5 Å². The van der Waals surface area contributed by atoms with Gasteiger partial charge in [0.2, 0.25) is 5.91 Å². The first kappa shape index (κ1) is 19.0. The number of carboxylic acids is 1. The summed E-state index contributed by atoms with van der Waals surface area (Å²) < 4.78 is 11.0. The molecule has 0 saturated carbocycles. The molecule has 1 aliphatic heterocycles. The van der Waals surface area contributed by atoms with Gasteiger partial charge in [-0.1, -0.05) is 41.9 Å². The first-order chi connectivity index (χ1) is 13.0. The number of hydrogen-bond acceptors (Lipinski definition) is 4. The molecule has 0 aromatic heterocycles. The van der Waals surface area contributed by atoms with Gasteiger partial charge in [0, 0.05) is 13.5 Å². The van der Waals surface area contributed by atoms with E-state index in [4.69, 9.17) is 21.1 Å². The molecule has 0 saturated heterocycles. The summed E-state index contributed by atoms with van der Waals surface area (Å²) in [6.45, 7) is 0.840. The largest absolute Gasteiger partial charge is 0.486 e. The molecule has 1 atom stereocenters. The van der Waals surface area contributed by atoms with Gasteiger partial charge in [0.05, 0.1) is 11.4 Å². The van der Waals surface area contributed by atoms with Crippen LogP contribution in [0, 0.1) is 0 Å². The summed E-state index contributed by atoms with van der Waals surface area (Å²) >= 11 is 6.21. The Morgan fingerprint density at radius 3 is 2.56 bits per heavy atom. The fourth-order valence-electron chi connectivity index (χ4n) is 2.97. The number of aliphatic carboxylic acids is 1. The van der Waals surface area contributed by atoms with Crippen molar-refractivity contribution in [3.63, 3.8) is 0 Å². The summed E-state index contributed by atoms with van der Waals surface area (Å²) in [7, 11) is 1.50. The maximum Gasteiger partial charge on any atom is 0.326 e. The van der Waals surface area contributed by atoms with Crippen molar-refractivity contribution in [1.29, 1.82) is 0 Å². The van der Waals surface area contributed by atoms with E-state index in [-0.39, 0.29) is 18.7 Å². The normalized spacial score (nSPS) is 13.7. The number of carboxylic acid groups (broad SMARTS) is 1. The first-order valence-electron chi connectivity index (χ1n) is 8.56. The number of likely N-dealkylation sites (N-methyl/N-ethyl adjacent to an activating group) is 1. The van der Waals surface area contributed by atoms with Crippen LogP contribution in [0.1, 0.15) is 11.1 Å². The van der Waals surface area contributed by atoms with Gasteiger partial charge in [0.25, 0.3) is 0 Å². The minimum atomic E-state index is -1.05. The van der Waals surface area contributed by atoms with Crippen LogP contribution in [0.4, 0.5) is 0 Å². The lowest BCUT2D eigenvalue weighted by Crippen LogP contribution is -2.44. The molecule has 1 amide bonds. The summed E-state index contributed by atoms with van der Waals surface area (Å²) in [6, 6.07) is 11.6. The van der Waals surface area contributed by atoms with E-state index in [0.717, 1.165) is 5.56 Å². The molecule has 0 fully saturated rings. The molecule has 1 N–H and O–H groups in total. The number of fused-ring (bicyclic) bond motifs is 1. The molecule has 2 aromatic rings. The van der Waals surface area contributed by atoms with Gasteiger partial charge >= 0.3 is 5.97 Å². The monoisotopic (exact) mass is 389 g/mol. The van der Waals surface area contributed by atoms with Crippen molar-refractivity contribution in [3.05, 3.63) is 58.6 Å². The molecule has 3 rings (SSSR count). The van der Waals surface area contributed by atoms with E-state index >= 15 is 0 Å². The highest BCUT2D eigenvalue weighted by Gasteiger charge is 2.27. The van der Waals surface area contributed by atoms with Crippen molar-refractivity contribution in [1.82, 2.24) is 4.90 Å². The molecule has 1 heterocycles. The third kappa shape index (κ3) is 4.52. The fourth-order valence-corrected chi connectivity index (χ4v) is 3.25. The Hall–Kier alpha value is -2.73. The molecule has 142 valence electrons. The molecule has 0 spiro atoms. The van der Waals surface area contributed by atoms with Crippen molar-refractivity contribution < 1.29 is 24.2 Å². The zero-order valence-electron chi connectivity index (χ0n) is 14.9. The second-order valence-electron chi connectivity index (χ2n) is 6.33. The average molecular weight is 390 g/mol. The van der Waals surface area contributed by atoms with Crippen LogP contribution in [0.25, 0.3) is 0 Å². The summed E-state index contributed by atoms with van der Waals surface area (Å²) in [5.74, 6) is -0.390. The predicted octanol–water partition coefficient (Wildman–Crippen LogP) is 2.81. The minimum absolute atomic E-state index is 0.0193. The molecule has 6 nitrogen and oxygen atoms in total. The van der Waals surface area contributed by atoms with Crippen LogP contribution in [0.3, 0.4) is 0 Å². The molecule has 27 heavy (non-hydrogen) atoms. The first-order valence-corrected chi connectivity index (χ1v) is 8.94. The third-order valence-electron chi connectivity index (χ3n) is 4.43. The van der Waals surface area contributed by atoms with Crippen LogP contribution in [-0.4, -0.2) is 48.2 Å². The summed E-state index contributed by atoms with van der Waals surface area (Å²) in [5.41, 5.74) is 1.50. The number of rotatable bonds is 6. The van der Waals surface area contributed by atoms with E-state index < -0.39 is 12.0 Å². The van der Waals surface area contributed by atoms with Crippen molar-refractivity contribution in [2.24, 2.45) is 0 Å². The van der Waals surface area contributed by atoms with Crippen LogP contribution in [0.15, 0.2) is 42.5 Å². The van der Waals surface area contributed by atoms with Gasteiger partial charge in [-0.3, -0.25) is 4.79 Å². The molecule has 1 aliphatic rings. The van der Waals surface area contributed by atoms with Gasteiger partial charge in [0.15, 0.2) is 11.5 Å². The van der Waals surface area contributed by atoms with Gasteiger partial charge in [-0.2, -0.15) is 0 Å². The Labute approximate surface area is 162 Å². The summed E-state index contributed by atoms with van der Waals surface area (Å²) in [6.07, 6.45) is 0.256. The van der Waals surface area contributed by atoms with Crippen molar-refractivity contribution in [2.45, 2.75) is 18.9 Å². The topological polar surface area (TPSA) is 76.1 Å². The van der Waals surface area contributed by atoms with Crippen LogP contribution >= 0.6 is 11.6 Å². The standard InChI is InChI=1S/C20H20ClNO5/c1-22(16(20(24)25)10-13-5-3-2-4-6-13)18(23)12-14-9-15(21)19-17(11-14)26-7-8-27-19/h2-6,9,11,16H,7-8,10,12H2,1H3,(H,24,25). The molecule has 1 unspecified atom stereocenters. The van der Waals surface area contributed by atoms with E-state index in [2.05, 4.69) is 0 Å². The fraction of sp³-hybridized carbons (Fsp3) is 0.300. The average Bonchev–Trinajstić information content (AvgIpc) is 2.66. The summed E-state index contributed by atoms with van der Waals surface area (Å²) in [5, 5.41) is 9.94. The second-order valence-corrected chi connectivity index (χ2v) is 6.73. The van der Waals surface area contributed by atoms with E-state index in [1.54, 1.807) is 12.1 Å². The molecule has 0 bridgehead atoms. The third-order valence-corrected chi connectivity index (χ3v) is 4.71. The Bertz CT molecular complexity index is 840. The highest BCUT2D eigenvalue weighted by atomic mass is 35.5. The maximum atomic E-state index is 12.7. The SMILES string of the molecule is CN(C(=O)Cc1cc(Cl)c2c(c1)OCCO2)C(Cc1ccccc1)C(=O)O. The molecule has 7 heteroatoms. The molecule has 0 aliphatic carbocycles. The quantitative estimate of drug-likeness (QED) is 0.822. The van der Waals surface area contributed by atoms with Gasteiger partial charge < -0.3 is 19.5 Å². The predicted molar refractivity (Wildman–Crippen MR) is 100 cm³/mol. The highest BCUT2D eigenvalue weighted by molar-refractivity contribution is 6.32. The number of benzene rings is 2.